The first-order chi connectivity index (χ1) is 15.0. The summed E-state index contributed by atoms with van der Waals surface area (Å²) >= 11 is 0. The van der Waals surface area contributed by atoms with Crippen molar-refractivity contribution in [2.75, 3.05) is 66.6 Å². The molecule has 2 aliphatic rings. The third-order valence-electron chi connectivity index (χ3n) is 6.29. The maximum Gasteiger partial charge on any atom is 0.254 e. The average Bonchev–Trinajstić information content (AvgIpc) is 3.28. The maximum absolute atomic E-state index is 13.5. The Morgan fingerprint density at radius 1 is 1.10 bits per heavy atom. The number of nitrogens with one attached hydrogen (secondary N) is 1. The van der Waals surface area contributed by atoms with Crippen LogP contribution in [0.1, 0.15) is 36.5 Å². The molecule has 1 N–H and O–H groups in total. The van der Waals surface area contributed by atoms with Crippen LogP contribution in [0.15, 0.2) is 18.2 Å². The summed E-state index contributed by atoms with van der Waals surface area (Å²) in [6.07, 6.45) is 2.56. The van der Waals surface area contributed by atoms with Crippen molar-refractivity contribution in [1.29, 1.82) is 0 Å². The van der Waals surface area contributed by atoms with Gasteiger partial charge in [-0.3, -0.25) is 14.5 Å². The summed E-state index contributed by atoms with van der Waals surface area (Å²) in [5.74, 6) is 1.18. The lowest BCUT2D eigenvalue weighted by atomic mass is 10.1. The lowest BCUT2D eigenvalue weighted by Gasteiger charge is -2.32. The molecule has 8 nitrogen and oxygen atoms in total. The third kappa shape index (κ3) is 6.11. The molecular weight excluding hydrogens is 396 g/mol. The van der Waals surface area contributed by atoms with Crippen LogP contribution in [0.3, 0.4) is 0 Å². The number of benzene rings is 1. The molecule has 0 saturated carbocycles. The Hall–Kier alpha value is -2.32. The van der Waals surface area contributed by atoms with Crippen molar-refractivity contribution in [3.63, 3.8) is 0 Å². The average molecular weight is 433 g/mol. The Balaban J connectivity index is 1.75. The van der Waals surface area contributed by atoms with E-state index in [1.165, 1.54) is 0 Å². The monoisotopic (exact) mass is 432 g/mol. The van der Waals surface area contributed by atoms with Gasteiger partial charge in [0, 0.05) is 63.4 Å². The smallest absolute Gasteiger partial charge is 0.254 e. The van der Waals surface area contributed by atoms with E-state index in [9.17, 15) is 9.59 Å². The molecule has 2 fully saturated rings. The molecular formula is C23H36N4O4. The Kier molecular flexibility index (Phi) is 8.54. The van der Waals surface area contributed by atoms with Gasteiger partial charge < -0.3 is 24.6 Å². The van der Waals surface area contributed by atoms with Crippen molar-refractivity contribution in [3.05, 3.63) is 23.8 Å². The van der Waals surface area contributed by atoms with Gasteiger partial charge in [-0.25, -0.2) is 0 Å². The molecule has 1 aromatic carbocycles. The van der Waals surface area contributed by atoms with E-state index in [2.05, 4.69) is 17.1 Å². The number of piperazine rings is 1. The van der Waals surface area contributed by atoms with Gasteiger partial charge in [-0.15, -0.1) is 0 Å². The summed E-state index contributed by atoms with van der Waals surface area (Å²) in [4.78, 5) is 32.4. The highest BCUT2D eigenvalue weighted by molar-refractivity contribution is 5.95. The van der Waals surface area contributed by atoms with Crippen molar-refractivity contribution in [2.24, 2.45) is 0 Å². The van der Waals surface area contributed by atoms with Crippen LogP contribution >= 0.6 is 0 Å². The van der Waals surface area contributed by atoms with Gasteiger partial charge in [-0.2, -0.15) is 0 Å². The zero-order chi connectivity index (χ0) is 22.2. The molecule has 2 heterocycles. The van der Waals surface area contributed by atoms with Gasteiger partial charge >= 0.3 is 0 Å². The van der Waals surface area contributed by atoms with Crippen LogP contribution in [0, 0.1) is 0 Å². The second-order valence-electron chi connectivity index (χ2n) is 8.16. The highest BCUT2D eigenvalue weighted by Crippen LogP contribution is 2.25. The van der Waals surface area contributed by atoms with Crippen LogP contribution < -0.4 is 14.8 Å². The van der Waals surface area contributed by atoms with Gasteiger partial charge in [-0.1, -0.05) is 6.92 Å². The second kappa shape index (κ2) is 11.3. The molecule has 2 aliphatic heterocycles. The van der Waals surface area contributed by atoms with Crippen LogP contribution in [-0.4, -0.2) is 99.1 Å². The predicted molar refractivity (Wildman–Crippen MR) is 120 cm³/mol. The number of likely N-dealkylation sites (N-methyl/N-ethyl adjacent to an activating group) is 1. The molecule has 2 amide bonds. The fourth-order valence-electron chi connectivity index (χ4n) is 4.46. The van der Waals surface area contributed by atoms with Gasteiger partial charge in [0.2, 0.25) is 5.91 Å². The first kappa shape index (κ1) is 23.3. The summed E-state index contributed by atoms with van der Waals surface area (Å²) < 4.78 is 10.7. The molecule has 2 saturated heterocycles. The number of carbonyl (C=O) groups is 2. The first-order valence-corrected chi connectivity index (χ1v) is 11.3. The number of hydrogen-bond acceptors (Lipinski definition) is 6. The number of likely N-dealkylation sites (tertiary alicyclic amines) is 1. The highest BCUT2D eigenvalue weighted by Gasteiger charge is 2.29. The van der Waals surface area contributed by atoms with Crippen LogP contribution in [0.5, 0.6) is 11.5 Å². The molecule has 8 heteroatoms. The summed E-state index contributed by atoms with van der Waals surface area (Å²) in [5.41, 5.74) is 0.520. The fourth-order valence-corrected chi connectivity index (χ4v) is 4.46. The predicted octanol–water partition coefficient (Wildman–Crippen LogP) is 1.45. The van der Waals surface area contributed by atoms with Crippen LogP contribution in [0.2, 0.25) is 0 Å². The number of methoxy groups -OCH3 is 2. The molecule has 0 radical (unpaired) electrons. The fraction of sp³-hybridized carbons (Fsp3) is 0.652. The molecule has 172 valence electrons. The molecule has 31 heavy (non-hydrogen) atoms. The van der Waals surface area contributed by atoms with Crippen molar-refractivity contribution >= 4 is 11.8 Å². The molecule has 0 aliphatic carbocycles. The number of hydrogen-bond donors (Lipinski definition) is 1. The molecule has 1 atom stereocenters. The SMILES string of the molecule is CCN1CCC[C@@H]1CN(CCC(=O)N1CCNCC1)C(=O)c1cc(OC)cc(OC)c1. The highest BCUT2D eigenvalue weighted by atomic mass is 16.5. The standard InChI is InChI=1S/C23H36N4O4/c1-4-25-10-5-6-19(25)17-27(11-7-22(28)26-12-8-24-9-13-26)23(29)18-14-20(30-2)16-21(15-18)31-3/h14-16,19,24H,4-13,17H2,1-3H3/t19-/m1/s1. The van der Waals surface area contributed by atoms with Gasteiger partial charge in [0.25, 0.3) is 5.91 Å². The van der Waals surface area contributed by atoms with E-state index in [0.29, 0.717) is 42.6 Å². The number of ether oxygens (including phenoxy) is 2. The Bertz CT molecular complexity index is 729. The van der Waals surface area contributed by atoms with Gasteiger partial charge in [-0.05, 0) is 38.1 Å². The van der Waals surface area contributed by atoms with Crippen molar-refractivity contribution in [3.8, 4) is 11.5 Å². The van der Waals surface area contributed by atoms with E-state index in [-0.39, 0.29) is 11.8 Å². The summed E-state index contributed by atoms with van der Waals surface area (Å²) in [6, 6.07) is 5.56. The lowest BCUT2D eigenvalue weighted by Crippen LogP contribution is -2.48. The minimum absolute atomic E-state index is 0.0896. The summed E-state index contributed by atoms with van der Waals surface area (Å²) in [5, 5.41) is 3.27. The van der Waals surface area contributed by atoms with Gasteiger partial charge in [0.05, 0.1) is 14.2 Å². The van der Waals surface area contributed by atoms with Crippen molar-refractivity contribution < 1.29 is 19.1 Å². The topological polar surface area (TPSA) is 74.4 Å². The largest absolute Gasteiger partial charge is 0.497 e. The zero-order valence-electron chi connectivity index (χ0n) is 19.1. The summed E-state index contributed by atoms with van der Waals surface area (Å²) in [6.45, 7) is 8.34. The van der Waals surface area contributed by atoms with E-state index in [0.717, 1.165) is 52.1 Å². The first-order valence-electron chi connectivity index (χ1n) is 11.3. The maximum atomic E-state index is 13.5. The number of rotatable bonds is 9. The van der Waals surface area contributed by atoms with Crippen molar-refractivity contribution in [2.45, 2.75) is 32.2 Å². The van der Waals surface area contributed by atoms with Gasteiger partial charge in [0.15, 0.2) is 0 Å². The molecule has 0 bridgehead atoms. The second-order valence-corrected chi connectivity index (χ2v) is 8.16. The normalized spacial score (nSPS) is 19.3. The molecule has 3 rings (SSSR count). The third-order valence-corrected chi connectivity index (χ3v) is 6.29. The van der Waals surface area contributed by atoms with E-state index in [1.54, 1.807) is 32.4 Å². The zero-order valence-corrected chi connectivity index (χ0v) is 19.1. The molecule has 0 spiro atoms. The number of amides is 2. The van der Waals surface area contributed by atoms with Crippen molar-refractivity contribution in [1.82, 2.24) is 20.0 Å². The quantitative estimate of drug-likeness (QED) is 0.637. The van der Waals surface area contributed by atoms with E-state index >= 15 is 0 Å². The van der Waals surface area contributed by atoms with Crippen LogP contribution in [0.25, 0.3) is 0 Å². The minimum atomic E-state index is -0.0896. The minimum Gasteiger partial charge on any atom is -0.497 e. The van der Waals surface area contributed by atoms with Crippen LogP contribution in [-0.2, 0) is 4.79 Å². The Morgan fingerprint density at radius 2 is 1.77 bits per heavy atom. The van der Waals surface area contributed by atoms with Gasteiger partial charge in [0.1, 0.15) is 11.5 Å². The molecule has 0 unspecified atom stereocenters. The Morgan fingerprint density at radius 3 is 2.39 bits per heavy atom. The van der Waals surface area contributed by atoms with E-state index < -0.39 is 0 Å². The van der Waals surface area contributed by atoms with E-state index in [4.69, 9.17) is 9.47 Å². The van der Waals surface area contributed by atoms with E-state index in [1.807, 2.05) is 9.80 Å². The number of nitrogens with zero attached hydrogens (tertiary/aromatic N) is 3. The lowest BCUT2D eigenvalue weighted by molar-refractivity contribution is -0.132. The molecule has 1 aromatic rings. The Labute approximate surface area is 185 Å². The molecule has 0 aromatic heterocycles. The number of carbonyl (C=O) groups excluding carboxylic acids is 2. The van der Waals surface area contributed by atoms with Crippen LogP contribution in [0.4, 0.5) is 0 Å². The summed E-state index contributed by atoms with van der Waals surface area (Å²) in [7, 11) is 3.15.